The second-order valence-corrected chi connectivity index (χ2v) is 3.05. The van der Waals surface area contributed by atoms with Crippen LogP contribution in [-0.4, -0.2) is 16.5 Å². The van der Waals surface area contributed by atoms with Gasteiger partial charge in [0.15, 0.2) is 0 Å². The molecule has 0 aliphatic heterocycles. The van der Waals surface area contributed by atoms with Gasteiger partial charge < -0.3 is 5.32 Å². The Hall–Kier alpha value is -1.40. The van der Waals surface area contributed by atoms with Gasteiger partial charge in [-0.2, -0.15) is 0 Å². The predicted octanol–water partition coefficient (Wildman–Crippen LogP) is 1.54. The molecular formula is C11H15N3. The molecule has 0 amide bonds. The maximum Gasteiger partial charge on any atom is 0.0765 e. The third-order valence-corrected chi connectivity index (χ3v) is 1.90. The zero-order valence-electron chi connectivity index (χ0n) is 8.40. The van der Waals surface area contributed by atoms with Crippen LogP contribution in [0.1, 0.15) is 31.5 Å². The van der Waals surface area contributed by atoms with E-state index >= 15 is 0 Å². The van der Waals surface area contributed by atoms with Crippen molar-refractivity contribution in [3.05, 3.63) is 24.3 Å². The molecular weight excluding hydrogens is 174 g/mol. The fourth-order valence-electron chi connectivity index (χ4n) is 1.21. The normalized spacial score (nSPS) is 12.0. The minimum absolute atomic E-state index is 0.133. The van der Waals surface area contributed by atoms with Crippen LogP contribution < -0.4 is 5.32 Å². The lowest BCUT2D eigenvalue weighted by atomic mass is 10.1. The molecule has 0 radical (unpaired) electrons. The monoisotopic (exact) mass is 189 g/mol. The average Bonchev–Trinajstić information content (AvgIpc) is 2.25. The maximum atomic E-state index is 5.30. The molecule has 0 spiro atoms. The number of hydrogen-bond donors (Lipinski definition) is 1. The van der Waals surface area contributed by atoms with E-state index in [1.54, 1.807) is 18.6 Å². The van der Waals surface area contributed by atoms with Crippen LogP contribution in [-0.2, 0) is 0 Å². The van der Waals surface area contributed by atoms with E-state index in [1.807, 2.05) is 0 Å². The summed E-state index contributed by atoms with van der Waals surface area (Å²) in [6, 6.07) is 0.133. The zero-order valence-corrected chi connectivity index (χ0v) is 8.40. The summed E-state index contributed by atoms with van der Waals surface area (Å²) >= 11 is 0. The van der Waals surface area contributed by atoms with Gasteiger partial charge >= 0.3 is 0 Å². The van der Waals surface area contributed by atoms with Crippen LogP contribution in [0, 0.1) is 12.3 Å². The minimum Gasteiger partial charge on any atom is -0.308 e. The first kappa shape index (κ1) is 10.7. The SMILES string of the molecule is C#CCC(NCCC)c1cnccn1. The van der Waals surface area contributed by atoms with Crippen molar-refractivity contribution in [2.24, 2.45) is 0 Å². The summed E-state index contributed by atoms with van der Waals surface area (Å²) in [5.41, 5.74) is 0.916. The summed E-state index contributed by atoms with van der Waals surface area (Å²) in [6.45, 7) is 3.07. The van der Waals surface area contributed by atoms with Crippen LogP contribution in [0.15, 0.2) is 18.6 Å². The summed E-state index contributed by atoms with van der Waals surface area (Å²) in [5.74, 6) is 2.64. The van der Waals surface area contributed by atoms with Gasteiger partial charge in [0.2, 0.25) is 0 Å². The maximum absolute atomic E-state index is 5.30. The van der Waals surface area contributed by atoms with E-state index in [9.17, 15) is 0 Å². The van der Waals surface area contributed by atoms with Gasteiger partial charge in [-0.05, 0) is 13.0 Å². The van der Waals surface area contributed by atoms with Gasteiger partial charge in [-0.15, -0.1) is 12.3 Å². The fourth-order valence-corrected chi connectivity index (χ4v) is 1.21. The molecule has 0 aliphatic rings. The lowest BCUT2D eigenvalue weighted by Gasteiger charge is -2.14. The first-order valence-electron chi connectivity index (χ1n) is 4.81. The first-order valence-corrected chi connectivity index (χ1v) is 4.81. The predicted molar refractivity (Wildman–Crippen MR) is 56.5 cm³/mol. The molecule has 0 saturated carbocycles. The van der Waals surface area contributed by atoms with Crippen LogP contribution in [0.25, 0.3) is 0 Å². The highest BCUT2D eigenvalue weighted by Crippen LogP contribution is 2.11. The summed E-state index contributed by atoms with van der Waals surface area (Å²) in [4.78, 5) is 8.25. The van der Waals surface area contributed by atoms with Crippen LogP contribution in [0.3, 0.4) is 0 Å². The summed E-state index contributed by atoms with van der Waals surface area (Å²) < 4.78 is 0. The van der Waals surface area contributed by atoms with Crippen molar-refractivity contribution >= 4 is 0 Å². The molecule has 1 aromatic heterocycles. The Kier molecular flexibility index (Phi) is 4.66. The topological polar surface area (TPSA) is 37.8 Å². The van der Waals surface area contributed by atoms with Crippen molar-refractivity contribution in [3.63, 3.8) is 0 Å². The number of hydrogen-bond acceptors (Lipinski definition) is 3. The van der Waals surface area contributed by atoms with E-state index in [0.717, 1.165) is 18.7 Å². The van der Waals surface area contributed by atoms with E-state index < -0.39 is 0 Å². The molecule has 3 nitrogen and oxygen atoms in total. The zero-order chi connectivity index (χ0) is 10.2. The molecule has 1 heterocycles. The van der Waals surface area contributed by atoms with Crippen molar-refractivity contribution in [2.75, 3.05) is 6.54 Å². The van der Waals surface area contributed by atoms with Crippen molar-refractivity contribution in [1.82, 2.24) is 15.3 Å². The Morgan fingerprint density at radius 3 is 3.00 bits per heavy atom. The second-order valence-electron chi connectivity index (χ2n) is 3.05. The van der Waals surface area contributed by atoms with E-state index in [2.05, 4.69) is 28.1 Å². The Morgan fingerprint density at radius 1 is 1.57 bits per heavy atom. The van der Waals surface area contributed by atoms with E-state index in [0.29, 0.717) is 6.42 Å². The van der Waals surface area contributed by atoms with Crippen LogP contribution in [0.5, 0.6) is 0 Å². The molecule has 74 valence electrons. The van der Waals surface area contributed by atoms with E-state index in [4.69, 9.17) is 6.42 Å². The summed E-state index contributed by atoms with van der Waals surface area (Å²) in [7, 11) is 0. The molecule has 0 aromatic carbocycles. The lowest BCUT2D eigenvalue weighted by molar-refractivity contribution is 0.529. The van der Waals surface area contributed by atoms with Gasteiger partial charge in [0.1, 0.15) is 0 Å². The highest BCUT2D eigenvalue weighted by atomic mass is 14.9. The first-order chi connectivity index (χ1) is 6.88. The summed E-state index contributed by atoms with van der Waals surface area (Å²) in [6.07, 6.45) is 12.1. The number of terminal acetylenes is 1. The highest BCUT2D eigenvalue weighted by molar-refractivity contribution is 5.06. The second kappa shape index (κ2) is 6.11. The molecule has 14 heavy (non-hydrogen) atoms. The smallest absolute Gasteiger partial charge is 0.0765 e. The lowest BCUT2D eigenvalue weighted by Crippen LogP contribution is -2.22. The number of nitrogens with one attached hydrogen (secondary N) is 1. The quantitative estimate of drug-likeness (QED) is 0.714. The summed E-state index contributed by atoms with van der Waals surface area (Å²) in [5, 5.41) is 3.34. The van der Waals surface area contributed by atoms with Crippen molar-refractivity contribution < 1.29 is 0 Å². The Bertz CT molecular complexity index is 289. The largest absolute Gasteiger partial charge is 0.308 e. The highest BCUT2D eigenvalue weighted by Gasteiger charge is 2.09. The number of aromatic nitrogens is 2. The van der Waals surface area contributed by atoms with Crippen molar-refractivity contribution in [3.8, 4) is 12.3 Å². The molecule has 3 heteroatoms. The van der Waals surface area contributed by atoms with E-state index in [1.165, 1.54) is 0 Å². The Balaban J connectivity index is 2.63. The third kappa shape index (κ3) is 3.15. The van der Waals surface area contributed by atoms with Crippen LogP contribution >= 0.6 is 0 Å². The molecule has 1 rings (SSSR count). The van der Waals surface area contributed by atoms with Crippen LogP contribution in [0.4, 0.5) is 0 Å². The van der Waals surface area contributed by atoms with Gasteiger partial charge in [0.05, 0.1) is 17.9 Å². The fraction of sp³-hybridized carbons (Fsp3) is 0.455. The average molecular weight is 189 g/mol. The standard InChI is InChI=1S/C11H15N3/c1-3-5-10(13-6-4-2)11-9-12-7-8-14-11/h1,7-10,13H,4-6H2,2H3. The van der Waals surface area contributed by atoms with Crippen molar-refractivity contribution in [2.45, 2.75) is 25.8 Å². The molecule has 1 N–H and O–H groups in total. The molecule has 1 atom stereocenters. The number of nitrogens with zero attached hydrogens (tertiary/aromatic N) is 2. The van der Waals surface area contributed by atoms with Crippen LogP contribution in [0.2, 0.25) is 0 Å². The minimum atomic E-state index is 0.133. The molecule has 1 unspecified atom stereocenters. The molecule has 0 bridgehead atoms. The molecule has 0 aliphatic carbocycles. The van der Waals surface area contributed by atoms with Crippen molar-refractivity contribution in [1.29, 1.82) is 0 Å². The molecule has 0 saturated heterocycles. The van der Waals surface area contributed by atoms with Gasteiger partial charge in [0.25, 0.3) is 0 Å². The van der Waals surface area contributed by atoms with Gasteiger partial charge in [-0.3, -0.25) is 9.97 Å². The van der Waals surface area contributed by atoms with E-state index in [-0.39, 0.29) is 6.04 Å². The third-order valence-electron chi connectivity index (χ3n) is 1.90. The molecule has 0 fully saturated rings. The Labute approximate surface area is 85.0 Å². The van der Waals surface area contributed by atoms with Gasteiger partial charge in [0, 0.05) is 18.8 Å². The number of rotatable bonds is 5. The van der Waals surface area contributed by atoms with Gasteiger partial charge in [-0.1, -0.05) is 6.92 Å². The molecule has 1 aromatic rings. The Morgan fingerprint density at radius 2 is 2.43 bits per heavy atom. The van der Waals surface area contributed by atoms with Gasteiger partial charge in [-0.25, -0.2) is 0 Å².